The van der Waals surface area contributed by atoms with Crippen molar-refractivity contribution < 1.29 is 4.79 Å². The Morgan fingerprint density at radius 2 is 2.00 bits per heavy atom. The van der Waals surface area contributed by atoms with Crippen LogP contribution < -0.4 is 0 Å². The van der Waals surface area contributed by atoms with Crippen LogP contribution in [0.1, 0.15) is 12.0 Å². The molecule has 0 saturated heterocycles. The fourth-order valence-corrected chi connectivity index (χ4v) is 1.03. The lowest BCUT2D eigenvalue weighted by atomic mass is 10.1. The second-order valence-electron chi connectivity index (χ2n) is 2.54. The Hall–Kier alpha value is -1.37. The standard InChI is InChI=1S/C11H11O/c12-10-6-2-5-9-11-7-3-1-4-8-11/h1-4,6-8H,5,9H2/b6-2+. The highest BCUT2D eigenvalue weighted by molar-refractivity contribution is 5.65. The van der Waals surface area contributed by atoms with Gasteiger partial charge in [-0.05, 0) is 24.5 Å². The first kappa shape index (κ1) is 8.72. The molecule has 1 heteroatoms. The Morgan fingerprint density at radius 1 is 1.25 bits per heavy atom. The lowest BCUT2D eigenvalue weighted by Crippen LogP contribution is -1.80. The van der Waals surface area contributed by atoms with Crippen molar-refractivity contribution in [3.63, 3.8) is 0 Å². The van der Waals surface area contributed by atoms with E-state index >= 15 is 0 Å². The average Bonchev–Trinajstić information content (AvgIpc) is 2.14. The number of hydrogen-bond donors (Lipinski definition) is 0. The zero-order valence-electron chi connectivity index (χ0n) is 6.86. The maximum absolute atomic E-state index is 9.80. The highest BCUT2D eigenvalue weighted by Gasteiger charge is 1.87. The van der Waals surface area contributed by atoms with Gasteiger partial charge in [0, 0.05) is 0 Å². The smallest absolute Gasteiger partial charge is 0.225 e. The zero-order valence-corrected chi connectivity index (χ0v) is 6.86. The molecule has 0 N–H and O–H groups in total. The van der Waals surface area contributed by atoms with E-state index in [1.165, 1.54) is 11.6 Å². The van der Waals surface area contributed by atoms with Gasteiger partial charge in [0.05, 0.1) is 0 Å². The maximum Gasteiger partial charge on any atom is 0.225 e. The van der Waals surface area contributed by atoms with Crippen molar-refractivity contribution in [1.82, 2.24) is 0 Å². The molecule has 0 spiro atoms. The number of allylic oxidation sites excluding steroid dienone is 2. The van der Waals surface area contributed by atoms with E-state index in [2.05, 4.69) is 12.1 Å². The highest BCUT2D eigenvalue weighted by Crippen LogP contribution is 2.02. The first-order valence-corrected chi connectivity index (χ1v) is 4.00. The summed E-state index contributed by atoms with van der Waals surface area (Å²) in [6.07, 6.45) is 6.86. The minimum Gasteiger partial charge on any atom is -0.286 e. The molecule has 1 aromatic carbocycles. The molecule has 12 heavy (non-hydrogen) atoms. The van der Waals surface area contributed by atoms with Crippen molar-refractivity contribution in [3.05, 3.63) is 48.0 Å². The van der Waals surface area contributed by atoms with Gasteiger partial charge >= 0.3 is 0 Å². The monoisotopic (exact) mass is 159 g/mol. The fourth-order valence-electron chi connectivity index (χ4n) is 1.03. The summed E-state index contributed by atoms with van der Waals surface area (Å²) >= 11 is 0. The molecule has 1 radical (unpaired) electrons. The third-order valence-corrected chi connectivity index (χ3v) is 1.63. The van der Waals surface area contributed by atoms with Gasteiger partial charge in [-0.2, -0.15) is 0 Å². The van der Waals surface area contributed by atoms with Gasteiger partial charge in [0.1, 0.15) is 0 Å². The molecule has 0 aliphatic heterocycles. The average molecular weight is 159 g/mol. The number of carbonyl (C=O) groups excluding carboxylic acids is 1. The second-order valence-corrected chi connectivity index (χ2v) is 2.54. The molecule has 0 aromatic heterocycles. The van der Waals surface area contributed by atoms with Crippen LogP contribution in [-0.4, -0.2) is 6.29 Å². The number of hydrogen-bond acceptors (Lipinski definition) is 1. The van der Waals surface area contributed by atoms with E-state index in [0.29, 0.717) is 0 Å². The summed E-state index contributed by atoms with van der Waals surface area (Å²) in [6, 6.07) is 10.2. The summed E-state index contributed by atoms with van der Waals surface area (Å²) in [6.45, 7) is 0. The quantitative estimate of drug-likeness (QED) is 0.616. The van der Waals surface area contributed by atoms with E-state index < -0.39 is 0 Å². The van der Waals surface area contributed by atoms with Crippen LogP contribution in [0.3, 0.4) is 0 Å². The van der Waals surface area contributed by atoms with Crippen LogP contribution in [0.2, 0.25) is 0 Å². The lowest BCUT2D eigenvalue weighted by Gasteiger charge is -1.95. The molecule has 0 heterocycles. The van der Waals surface area contributed by atoms with E-state index in [1.807, 2.05) is 24.3 Å². The van der Waals surface area contributed by atoms with Crippen LogP contribution in [0, 0.1) is 0 Å². The molecular weight excluding hydrogens is 148 g/mol. The molecule has 1 rings (SSSR count). The van der Waals surface area contributed by atoms with Crippen molar-refractivity contribution in [1.29, 1.82) is 0 Å². The fraction of sp³-hybridized carbons (Fsp3) is 0.182. The van der Waals surface area contributed by atoms with Crippen molar-refractivity contribution in [2.45, 2.75) is 12.8 Å². The summed E-state index contributed by atoms with van der Waals surface area (Å²) in [5, 5.41) is 0. The highest BCUT2D eigenvalue weighted by atomic mass is 16.1. The van der Waals surface area contributed by atoms with Crippen molar-refractivity contribution >= 4 is 6.29 Å². The molecule has 0 unspecified atom stereocenters. The summed E-state index contributed by atoms with van der Waals surface area (Å²) in [4.78, 5) is 9.80. The van der Waals surface area contributed by atoms with E-state index in [1.54, 1.807) is 6.29 Å². The maximum atomic E-state index is 9.80. The molecule has 0 amide bonds. The minimum atomic E-state index is 0.902. The molecule has 0 aliphatic carbocycles. The summed E-state index contributed by atoms with van der Waals surface area (Å²) in [5.74, 6) is 0. The van der Waals surface area contributed by atoms with Crippen molar-refractivity contribution in [2.75, 3.05) is 0 Å². The number of rotatable bonds is 4. The van der Waals surface area contributed by atoms with Crippen LogP contribution in [-0.2, 0) is 11.2 Å². The van der Waals surface area contributed by atoms with E-state index in [0.717, 1.165) is 12.8 Å². The normalized spacial score (nSPS) is 10.3. The molecule has 0 saturated carbocycles. The second kappa shape index (κ2) is 5.30. The van der Waals surface area contributed by atoms with Crippen LogP contribution in [0.5, 0.6) is 0 Å². The lowest BCUT2D eigenvalue weighted by molar-refractivity contribution is 0.564. The molecule has 61 valence electrons. The van der Waals surface area contributed by atoms with Gasteiger partial charge in [0.2, 0.25) is 6.29 Å². The summed E-state index contributed by atoms with van der Waals surface area (Å²) in [7, 11) is 0. The van der Waals surface area contributed by atoms with Gasteiger partial charge in [-0.1, -0.05) is 36.4 Å². The van der Waals surface area contributed by atoms with E-state index in [4.69, 9.17) is 0 Å². The topological polar surface area (TPSA) is 17.1 Å². The molecular formula is C11H11O. The summed E-state index contributed by atoms with van der Waals surface area (Å²) in [5.41, 5.74) is 1.30. The Bertz CT molecular complexity index is 249. The van der Waals surface area contributed by atoms with Gasteiger partial charge in [-0.15, -0.1) is 0 Å². The predicted octanol–water partition coefficient (Wildman–Crippen LogP) is 2.29. The molecule has 1 aromatic rings. The Kier molecular flexibility index (Phi) is 3.86. The number of benzene rings is 1. The van der Waals surface area contributed by atoms with Gasteiger partial charge in [0.25, 0.3) is 0 Å². The SMILES string of the molecule is O=[C]/C=C/CCc1ccccc1. The molecule has 0 fully saturated rings. The van der Waals surface area contributed by atoms with Gasteiger partial charge in [0.15, 0.2) is 0 Å². The van der Waals surface area contributed by atoms with Crippen molar-refractivity contribution in [2.24, 2.45) is 0 Å². The molecule has 0 atom stereocenters. The Morgan fingerprint density at radius 3 is 2.67 bits per heavy atom. The first-order valence-electron chi connectivity index (χ1n) is 4.00. The van der Waals surface area contributed by atoms with Crippen LogP contribution in [0.4, 0.5) is 0 Å². The Labute approximate surface area is 72.7 Å². The Balaban J connectivity index is 2.33. The van der Waals surface area contributed by atoms with E-state index in [-0.39, 0.29) is 0 Å². The minimum absolute atomic E-state index is 0.902. The molecule has 1 nitrogen and oxygen atoms in total. The van der Waals surface area contributed by atoms with Crippen LogP contribution in [0.15, 0.2) is 42.5 Å². The third-order valence-electron chi connectivity index (χ3n) is 1.63. The summed E-state index contributed by atoms with van der Waals surface area (Å²) < 4.78 is 0. The zero-order chi connectivity index (χ0) is 8.65. The van der Waals surface area contributed by atoms with Crippen LogP contribution in [0.25, 0.3) is 0 Å². The largest absolute Gasteiger partial charge is 0.286 e. The third kappa shape index (κ3) is 3.15. The van der Waals surface area contributed by atoms with Gasteiger partial charge in [-0.3, -0.25) is 4.79 Å². The molecule has 0 aliphatic rings. The first-order chi connectivity index (χ1) is 5.93. The van der Waals surface area contributed by atoms with Gasteiger partial charge in [-0.25, -0.2) is 0 Å². The number of aryl methyl sites for hydroxylation is 1. The van der Waals surface area contributed by atoms with E-state index in [9.17, 15) is 4.79 Å². The van der Waals surface area contributed by atoms with Crippen molar-refractivity contribution in [3.8, 4) is 0 Å². The van der Waals surface area contributed by atoms with Crippen LogP contribution >= 0.6 is 0 Å². The van der Waals surface area contributed by atoms with Gasteiger partial charge < -0.3 is 0 Å². The molecule has 0 bridgehead atoms. The predicted molar refractivity (Wildman–Crippen MR) is 49.6 cm³/mol.